The van der Waals surface area contributed by atoms with Gasteiger partial charge in [-0.15, -0.1) is 0 Å². The minimum Gasteiger partial charge on any atom is -0.444 e. The maximum atomic E-state index is 10.1. The molecule has 0 aromatic heterocycles. The van der Waals surface area contributed by atoms with Gasteiger partial charge in [0.15, 0.2) is 6.23 Å². The molecule has 3 nitrogen and oxygen atoms in total. The number of ether oxygens (including phenoxy) is 1. The third kappa shape index (κ3) is 6.38. The summed E-state index contributed by atoms with van der Waals surface area (Å²) >= 11 is 16.6. The first-order valence-electron chi connectivity index (χ1n) is 3.91. The van der Waals surface area contributed by atoms with Gasteiger partial charge in [-0.05, 0) is 13.0 Å². The van der Waals surface area contributed by atoms with Crippen LogP contribution in [0.3, 0.4) is 0 Å². The number of unbranched alkanes of at least 4 members (excludes halogenated alkanes) is 1. The highest BCUT2D eigenvalue weighted by atomic mass is 35.6. The van der Waals surface area contributed by atoms with Crippen molar-refractivity contribution in [3.63, 3.8) is 0 Å². The highest BCUT2D eigenvalue weighted by molar-refractivity contribution is 6.68. The van der Waals surface area contributed by atoms with Crippen LogP contribution in [0.15, 0.2) is 0 Å². The third-order valence-corrected chi connectivity index (χ3v) is 1.94. The summed E-state index contributed by atoms with van der Waals surface area (Å²) < 4.78 is 2.94. The lowest BCUT2D eigenvalue weighted by molar-refractivity contribution is -0.134. The Morgan fingerprint density at radius 2 is 2.15 bits per heavy atom. The first-order chi connectivity index (χ1) is 6.02. The molecule has 13 heavy (non-hydrogen) atoms. The van der Waals surface area contributed by atoms with E-state index in [9.17, 15) is 4.79 Å². The van der Waals surface area contributed by atoms with E-state index in [1.165, 1.54) is 0 Å². The molecule has 0 saturated heterocycles. The van der Waals surface area contributed by atoms with Crippen molar-refractivity contribution in [3.05, 3.63) is 0 Å². The average molecular weight is 249 g/mol. The van der Waals surface area contributed by atoms with Crippen LogP contribution < -0.4 is 5.32 Å². The van der Waals surface area contributed by atoms with Gasteiger partial charge in [-0.3, -0.25) is 10.1 Å². The predicted octanol–water partition coefficient (Wildman–Crippen LogP) is 2.25. The molecule has 0 aliphatic rings. The second-order valence-electron chi connectivity index (χ2n) is 2.46. The van der Waals surface area contributed by atoms with Crippen molar-refractivity contribution in [1.29, 1.82) is 0 Å². The first kappa shape index (κ1) is 13.3. The molecule has 0 spiro atoms. The van der Waals surface area contributed by atoms with Gasteiger partial charge in [-0.2, -0.15) is 0 Å². The van der Waals surface area contributed by atoms with E-state index < -0.39 is 10.0 Å². The van der Waals surface area contributed by atoms with E-state index in [0.717, 1.165) is 12.8 Å². The fourth-order valence-electron chi connectivity index (χ4n) is 0.706. The number of alkyl halides is 3. The Balaban J connectivity index is 3.87. The third-order valence-electron chi connectivity index (χ3n) is 1.35. The van der Waals surface area contributed by atoms with Gasteiger partial charge in [0.25, 0.3) is 6.47 Å². The van der Waals surface area contributed by atoms with Crippen molar-refractivity contribution in [2.24, 2.45) is 0 Å². The molecule has 0 radical (unpaired) electrons. The Labute approximate surface area is 92.7 Å². The van der Waals surface area contributed by atoms with E-state index in [4.69, 9.17) is 34.8 Å². The molecular formula is C7H12Cl3NO2. The normalized spacial score (nSPS) is 13.8. The fourth-order valence-corrected chi connectivity index (χ4v) is 1.09. The molecule has 0 saturated carbocycles. The van der Waals surface area contributed by atoms with E-state index in [2.05, 4.69) is 10.1 Å². The molecule has 1 atom stereocenters. The molecule has 0 amide bonds. The predicted molar refractivity (Wildman–Crippen MR) is 54.1 cm³/mol. The van der Waals surface area contributed by atoms with Gasteiger partial charge in [-0.1, -0.05) is 48.1 Å². The number of hydrogen-bond acceptors (Lipinski definition) is 3. The van der Waals surface area contributed by atoms with Gasteiger partial charge < -0.3 is 4.74 Å². The monoisotopic (exact) mass is 247 g/mol. The van der Waals surface area contributed by atoms with Crippen LogP contribution in [0, 0.1) is 0 Å². The van der Waals surface area contributed by atoms with Crippen molar-refractivity contribution in [3.8, 4) is 0 Å². The quantitative estimate of drug-likeness (QED) is 0.339. The summed E-state index contributed by atoms with van der Waals surface area (Å²) in [4.78, 5) is 10.1. The second kappa shape index (κ2) is 6.71. The molecule has 0 aliphatic carbocycles. The van der Waals surface area contributed by atoms with Crippen LogP contribution in [0.4, 0.5) is 0 Å². The summed E-state index contributed by atoms with van der Waals surface area (Å²) in [6.45, 7) is 2.93. The highest BCUT2D eigenvalue weighted by Crippen LogP contribution is 2.30. The van der Waals surface area contributed by atoms with Crippen molar-refractivity contribution >= 4 is 41.3 Å². The van der Waals surface area contributed by atoms with E-state index in [1.807, 2.05) is 6.92 Å². The van der Waals surface area contributed by atoms with Crippen LogP contribution in [0.2, 0.25) is 0 Å². The lowest BCUT2D eigenvalue weighted by Gasteiger charge is -2.23. The second-order valence-corrected chi connectivity index (χ2v) is 4.83. The number of halogens is 3. The maximum Gasteiger partial charge on any atom is 0.294 e. The minimum atomic E-state index is -1.63. The molecule has 0 rings (SSSR count). The maximum absolute atomic E-state index is 10.1. The van der Waals surface area contributed by atoms with Gasteiger partial charge in [-0.25, -0.2) is 0 Å². The molecule has 0 heterocycles. The first-order valence-corrected chi connectivity index (χ1v) is 5.05. The van der Waals surface area contributed by atoms with Gasteiger partial charge in [0, 0.05) is 0 Å². The molecule has 1 unspecified atom stereocenters. The standard InChI is InChI=1S/C7H12Cl3NO2/c1-2-3-4-11-6(13-5-12)7(8,9)10/h5-6,11H,2-4H2,1H3. The molecular weight excluding hydrogens is 236 g/mol. The van der Waals surface area contributed by atoms with Crippen LogP contribution in [-0.4, -0.2) is 23.0 Å². The van der Waals surface area contributed by atoms with Crippen LogP contribution >= 0.6 is 34.8 Å². The zero-order valence-electron chi connectivity index (χ0n) is 7.23. The lowest BCUT2D eigenvalue weighted by atomic mass is 10.3. The van der Waals surface area contributed by atoms with Crippen molar-refractivity contribution in [2.45, 2.75) is 29.8 Å². The molecule has 6 heteroatoms. The van der Waals surface area contributed by atoms with Crippen LogP contribution in [0.1, 0.15) is 19.8 Å². The lowest BCUT2D eigenvalue weighted by Crippen LogP contribution is -2.42. The summed E-state index contributed by atoms with van der Waals surface area (Å²) in [7, 11) is 0. The number of hydrogen-bond donors (Lipinski definition) is 1. The Morgan fingerprint density at radius 1 is 1.54 bits per heavy atom. The minimum absolute atomic E-state index is 0.255. The molecule has 0 bridgehead atoms. The van der Waals surface area contributed by atoms with E-state index in [-0.39, 0.29) is 6.47 Å². The van der Waals surface area contributed by atoms with E-state index in [0.29, 0.717) is 6.54 Å². The van der Waals surface area contributed by atoms with Crippen LogP contribution in [0.25, 0.3) is 0 Å². The van der Waals surface area contributed by atoms with E-state index >= 15 is 0 Å². The van der Waals surface area contributed by atoms with Crippen molar-refractivity contribution < 1.29 is 9.53 Å². The molecule has 78 valence electrons. The fraction of sp³-hybridized carbons (Fsp3) is 0.857. The molecule has 0 aromatic rings. The van der Waals surface area contributed by atoms with E-state index in [1.54, 1.807) is 0 Å². The smallest absolute Gasteiger partial charge is 0.294 e. The number of carbonyl (C=O) groups is 1. The number of carbonyl (C=O) groups excluding carboxylic acids is 1. The van der Waals surface area contributed by atoms with Crippen LogP contribution in [0.5, 0.6) is 0 Å². The highest BCUT2D eigenvalue weighted by Gasteiger charge is 2.33. The largest absolute Gasteiger partial charge is 0.444 e. The summed E-state index contributed by atoms with van der Waals surface area (Å²) in [6, 6.07) is 0. The van der Waals surface area contributed by atoms with Crippen molar-refractivity contribution in [2.75, 3.05) is 6.54 Å². The summed E-state index contributed by atoms with van der Waals surface area (Å²) in [6.07, 6.45) is 1.06. The van der Waals surface area contributed by atoms with Gasteiger partial charge >= 0.3 is 0 Å². The van der Waals surface area contributed by atoms with Crippen LogP contribution in [-0.2, 0) is 9.53 Å². The topological polar surface area (TPSA) is 38.3 Å². The molecule has 0 aliphatic heterocycles. The van der Waals surface area contributed by atoms with Crippen molar-refractivity contribution in [1.82, 2.24) is 5.32 Å². The Morgan fingerprint density at radius 3 is 2.54 bits per heavy atom. The SMILES string of the molecule is CCCCNC(OC=O)C(Cl)(Cl)Cl. The number of nitrogens with one attached hydrogen (secondary N) is 1. The molecule has 0 aromatic carbocycles. The Bertz CT molecular complexity index is 149. The molecule has 0 fully saturated rings. The summed E-state index contributed by atoms with van der Waals surface area (Å²) in [5.41, 5.74) is 0. The average Bonchev–Trinajstić information content (AvgIpc) is 2.01. The Hall–Kier alpha value is 0.300. The zero-order valence-corrected chi connectivity index (χ0v) is 9.49. The zero-order chi connectivity index (χ0) is 10.3. The number of rotatable bonds is 6. The summed E-state index contributed by atoms with van der Waals surface area (Å²) in [5, 5.41) is 2.81. The summed E-state index contributed by atoms with van der Waals surface area (Å²) in [5.74, 6) is 0. The Kier molecular flexibility index (Phi) is 6.86. The van der Waals surface area contributed by atoms with Gasteiger partial charge in [0.2, 0.25) is 3.79 Å². The van der Waals surface area contributed by atoms with Gasteiger partial charge in [0.05, 0.1) is 0 Å². The molecule has 1 N–H and O–H groups in total. The van der Waals surface area contributed by atoms with Gasteiger partial charge in [0.1, 0.15) is 0 Å².